The maximum atomic E-state index is 2.53. The van der Waals surface area contributed by atoms with Crippen molar-refractivity contribution < 1.29 is 4.57 Å². The van der Waals surface area contributed by atoms with Gasteiger partial charge in [-0.3, -0.25) is 0 Å². The molecule has 0 aliphatic carbocycles. The fourth-order valence-corrected chi connectivity index (χ4v) is 4.67. The summed E-state index contributed by atoms with van der Waals surface area (Å²) in [6, 6.07) is 0. The minimum Gasteiger partial charge on any atom is -0.234 e. The van der Waals surface area contributed by atoms with Gasteiger partial charge >= 0.3 is 0 Å². The minimum atomic E-state index is 1.15. The molecule has 2 nitrogen and oxygen atoms in total. The molecule has 176 valence electrons. The quantitative estimate of drug-likeness (QED) is 0.131. The molecule has 0 bridgehead atoms. The van der Waals surface area contributed by atoms with E-state index in [-0.39, 0.29) is 0 Å². The second-order valence-electron chi connectivity index (χ2n) is 9.47. The molecule has 0 aliphatic heterocycles. The molecule has 1 aromatic rings. The Morgan fingerprint density at radius 2 is 1.00 bits per heavy atom. The SMILES string of the molecule is CCCCCCCCCCCCCCn1cc[n+](CCCCCCCCC)c1CC. The molecule has 0 atom stereocenters. The van der Waals surface area contributed by atoms with Gasteiger partial charge in [0.25, 0.3) is 5.82 Å². The van der Waals surface area contributed by atoms with Gasteiger partial charge in [0, 0.05) is 6.42 Å². The van der Waals surface area contributed by atoms with Crippen molar-refractivity contribution in [3.63, 3.8) is 0 Å². The van der Waals surface area contributed by atoms with E-state index < -0.39 is 0 Å². The van der Waals surface area contributed by atoms with Crippen molar-refractivity contribution in [1.82, 2.24) is 4.57 Å². The molecule has 0 saturated heterocycles. The monoisotopic (exact) mass is 419 g/mol. The lowest BCUT2D eigenvalue weighted by molar-refractivity contribution is -0.704. The van der Waals surface area contributed by atoms with Crippen LogP contribution in [-0.2, 0) is 19.5 Å². The van der Waals surface area contributed by atoms with E-state index in [1.165, 1.54) is 141 Å². The summed E-state index contributed by atoms with van der Waals surface area (Å²) in [6.45, 7) is 9.33. The normalized spacial score (nSPS) is 11.4. The summed E-state index contributed by atoms with van der Waals surface area (Å²) in [6.07, 6.45) is 32.8. The van der Waals surface area contributed by atoms with Gasteiger partial charge in [-0.1, -0.05) is 117 Å². The first kappa shape index (κ1) is 27.2. The Morgan fingerprint density at radius 3 is 1.47 bits per heavy atom. The number of nitrogens with zero attached hydrogens (tertiary/aromatic N) is 2. The molecule has 1 aromatic heterocycles. The standard InChI is InChI=1S/C28H55N2/c1-4-7-9-11-13-14-15-16-17-19-21-23-25-30-27-26-29(28(30)6-3)24-22-20-18-12-10-8-5-2/h26-27H,4-25H2,1-3H3/q+1. The Morgan fingerprint density at radius 1 is 0.567 bits per heavy atom. The van der Waals surface area contributed by atoms with E-state index in [4.69, 9.17) is 0 Å². The van der Waals surface area contributed by atoms with Crippen LogP contribution in [0.4, 0.5) is 0 Å². The summed E-state index contributed by atoms with van der Waals surface area (Å²) in [7, 11) is 0. The molecule has 2 heteroatoms. The van der Waals surface area contributed by atoms with Crippen LogP contribution < -0.4 is 4.57 Å². The van der Waals surface area contributed by atoms with Crippen molar-refractivity contribution in [3.05, 3.63) is 18.2 Å². The van der Waals surface area contributed by atoms with Gasteiger partial charge in [0.1, 0.15) is 12.4 Å². The van der Waals surface area contributed by atoms with Gasteiger partial charge < -0.3 is 0 Å². The number of unbranched alkanes of at least 4 members (excludes halogenated alkanes) is 17. The van der Waals surface area contributed by atoms with Crippen LogP contribution in [0.2, 0.25) is 0 Å². The van der Waals surface area contributed by atoms with E-state index in [0.29, 0.717) is 0 Å². The lowest BCUT2D eigenvalue weighted by Crippen LogP contribution is -2.37. The minimum absolute atomic E-state index is 1.15. The number of aromatic nitrogens is 2. The van der Waals surface area contributed by atoms with E-state index >= 15 is 0 Å². The molecule has 0 N–H and O–H groups in total. The van der Waals surface area contributed by atoms with Crippen LogP contribution in [0.15, 0.2) is 12.4 Å². The summed E-state index contributed by atoms with van der Waals surface area (Å²) < 4.78 is 5.05. The van der Waals surface area contributed by atoms with E-state index in [1.54, 1.807) is 0 Å². The van der Waals surface area contributed by atoms with Gasteiger partial charge in [0.15, 0.2) is 0 Å². The summed E-state index contributed by atoms with van der Waals surface area (Å²) in [5, 5.41) is 0. The second kappa shape index (κ2) is 20.1. The Balaban J connectivity index is 2.05. The zero-order chi connectivity index (χ0) is 21.7. The Labute approximate surface area is 189 Å². The van der Waals surface area contributed by atoms with Crippen LogP contribution >= 0.6 is 0 Å². The molecule has 0 unspecified atom stereocenters. The highest BCUT2D eigenvalue weighted by Crippen LogP contribution is 2.13. The molecule has 0 saturated carbocycles. The van der Waals surface area contributed by atoms with Crippen molar-refractivity contribution in [3.8, 4) is 0 Å². The molecule has 0 aromatic carbocycles. The third-order valence-electron chi connectivity index (χ3n) is 6.66. The number of hydrogen-bond acceptors (Lipinski definition) is 0. The molecular formula is C28H55N2+. The van der Waals surface area contributed by atoms with Gasteiger partial charge in [0.2, 0.25) is 0 Å². The van der Waals surface area contributed by atoms with Crippen LogP contribution in [0.1, 0.15) is 149 Å². The maximum absolute atomic E-state index is 2.53. The molecule has 30 heavy (non-hydrogen) atoms. The van der Waals surface area contributed by atoms with Crippen molar-refractivity contribution in [1.29, 1.82) is 0 Å². The van der Waals surface area contributed by atoms with Crippen molar-refractivity contribution in [2.45, 2.75) is 162 Å². The molecule has 1 rings (SSSR count). The predicted molar refractivity (Wildman–Crippen MR) is 133 cm³/mol. The molecule has 0 radical (unpaired) electrons. The fourth-order valence-electron chi connectivity index (χ4n) is 4.67. The van der Waals surface area contributed by atoms with E-state index in [0.717, 1.165) is 6.42 Å². The first-order valence-electron chi connectivity index (χ1n) is 13.9. The maximum Gasteiger partial charge on any atom is 0.256 e. The van der Waals surface area contributed by atoms with Crippen molar-refractivity contribution in [2.75, 3.05) is 0 Å². The van der Waals surface area contributed by atoms with E-state index in [1.807, 2.05) is 0 Å². The first-order valence-corrected chi connectivity index (χ1v) is 13.9. The smallest absolute Gasteiger partial charge is 0.234 e. The Kier molecular flexibility index (Phi) is 18.3. The van der Waals surface area contributed by atoms with Crippen LogP contribution in [0.3, 0.4) is 0 Å². The number of aryl methyl sites for hydroxylation is 2. The molecule has 1 heterocycles. The van der Waals surface area contributed by atoms with Crippen LogP contribution in [0.5, 0.6) is 0 Å². The van der Waals surface area contributed by atoms with Gasteiger partial charge in [-0.2, -0.15) is 0 Å². The Hall–Kier alpha value is -0.790. The van der Waals surface area contributed by atoms with Crippen LogP contribution in [-0.4, -0.2) is 4.57 Å². The average molecular weight is 420 g/mol. The van der Waals surface area contributed by atoms with E-state index in [9.17, 15) is 0 Å². The van der Waals surface area contributed by atoms with Crippen LogP contribution in [0, 0.1) is 0 Å². The third-order valence-corrected chi connectivity index (χ3v) is 6.66. The predicted octanol–water partition coefficient (Wildman–Crippen LogP) is 8.79. The van der Waals surface area contributed by atoms with Gasteiger partial charge in [-0.15, -0.1) is 0 Å². The zero-order valence-electron chi connectivity index (χ0n) is 21.1. The largest absolute Gasteiger partial charge is 0.256 e. The summed E-state index contributed by atoms with van der Waals surface area (Å²) >= 11 is 0. The fraction of sp³-hybridized carbons (Fsp3) is 0.893. The number of imidazole rings is 1. The number of hydrogen-bond donors (Lipinski definition) is 0. The van der Waals surface area contributed by atoms with Crippen LogP contribution in [0.25, 0.3) is 0 Å². The molecule has 0 spiro atoms. The zero-order valence-corrected chi connectivity index (χ0v) is 21.1. The molecule has 0 aliphatic rings. The molecular weight excluding hydrogens is 364 g/mol. The van der Waals surface area contributed by atoms with Gasteiger partial charge in [-0.05, 0) is 25.7 Å². The Bertz CT molecular complexity index is 477. The topological polar surface area (TPSA) is 8.81 Å². The lowest BCUT2D eigenvalue weighted by Gasteiger charge is -2.05. The summed E-state index contributed by atoms with van der Waals surface area (Å²) in [5.74, 6) is 1.53. The van der Waals surface area contributed by atoms with Gasteiger partial charge in [-0.25, -0.2) is 9.13 Å². The highest BCUT2D eigenvalue weighted by atomic mass is 15.1. The summed E-state index contributed by atoms with van der Waals surface area (Å²) in [4.78, 5) is 0. The molecule has 0 amide bonds. The first-order chi connectivity index (χ1) is 14.8. The third kappa shape index (κ3) is 13.5. The van der Waals surface area contributed by atoms with Crippen molar-refractivity contribution in [2.24, 2.45) is 0 Å². The van der Waals surface area contributed by atoms with Gasteiger partial charge in [0.05, 0.1) is 13.1 Å². The summed E-state index contributed by atoms with van der Waals surface area (Å²) in [5.41, 5.74) is 0. The second-order valence-corrected chi connectivity index (χ2v) is 9.47. The highest BCUT2D eigenvalue weighted by molar-refractivity contribution is 4.83. The average Bonchev–Trinajstić information content (AvgIpc) is 3.15. The number of rotatable bonds is 22. The molecule has 0 fully saturated rings. The van der Waals surface area contributed by atoms with Crippen molar-refractivity contribution >= 4 is 0 Å². The lowest BCUT2D eigenvalue weighted by atomic mass is 10.1. The highest BCUT2D eigenvalue weighted by Gasteiger charge is 2.14. The van der Waals surface area contributed by atoms with E-state index in [2.05, 4.69) is 42.3 Å².